The predicted molar refractivity (Wildman–Crippen MR) is 109 cm³/mol. The highest BCUT2D eigenvalue weighted by Gasteiger charge is 2.30. The molecule has 0 bridgehead atoms. The smallest absolute Gasteiger partial charge is 0.315 e. The molecule has 0 fully saturated rings. The summed E-state index contributed by atoms with van der Waals surface area (Å²) in [6.45, 7) is 0.723. The zero-order chi connectivity index (χ0) is 20.7. The van der Waals surface area contributed by atoms with Crippen molar-refractivity contribution in [2.75, 3.05) is 11.9 Å². The van der Waals surface area contributed by atoms with Crippen LogP contribution in [0.2, 0.25) is 0 Å². The van der Waals surface area contributed by atoms with Crippen molar-refractivity contribution < 1.29 is 9.59 Å². The minimum absolute atomic E-state index is 0.276. The fourth-order valence-corrected chi connectivity index (χ4v) is 4.30. The number of nitrogens with one attached hydrogen (secondary N) is 1. The lowest BCUT2D eigenvalue weighted by Crippen LogP contribution is -2.43. The van der Waals surface area contributed by atoms with Gasteiger partial charge >= 0.3 is 11.8 Å². The Hall–Kier alpha value is -3.49. The molecule has 3 aromatic rings. The van der Waals surface area contributed by atoms with Gasteiger partial charge in [-0.15, -0.1) is 5.10 Å². The van der Waals surface area contributed by atoms with Gasteiger partial charge in [-0.1, -0.05) is 23.4 Å². The van der Waals surface area contributed by atoms with E-state index in [-0.39, 0.29) is 6.54 Å². The van der Waals surface area contributed by atoms with Crippen LogP contribution in [0.25, 0.3) is 5.69 Å². The molecule has 0 saturated heterocycles. The summed E-state index contributed by atoms with van der Waals surface area (Å²) in [5, 5.41) is 15.8. The third-order valence-corrected chi connectivity index (χ3v) is 5.84. The number of para-hydroxylation sites is 1. The molecular weight excluding hydrogens is 382 g/mol. The van der Waals surface area contributed by atoms with Crippen LogP contribution in [-0.2, 0) is 42.4 Å². The largest absolute Gasteiger partial charge is 0.328 e. The fourth-order valence-electron chi connectivity index (χ4n) is 4.30. The van der Waals surface area contributed by atoms with Crippen LogP contribution in [0.1, 0.15) is 35.5 Å². The van der Waals surface area contributed by atoms with E-state index >= 15 is 0 Å². The monoisotopic (exact) mass is 405 g/mol. The van der Waals surface area contributed by atoms with Crippen molar-refractivity contribution in [3.05, 3.63) is 53.0 Å². The normalized spacial score (nSPS) is 15.4. The van der Waals surface area contributed by atoms with E-state index in [0.29, 0.717) is 18.8 Å². The molecule has 0 radical (unpaired) electrons. The van der Waals surface area contributed by atoms with Gasteiger partial charge in [-0.3, -0.25) is 14.3 Å². The Kier molecular flexibility index (Phi) is 4.57. The molecule has 0 saturated carbocycles. The van der Waals surface area contributed by atoms with E-state index < -0.39 is 11.8 Å². The Labute approximate surface area is 173 Å². The number of hydrogen-bond donors (Lipinski definition) is 1. The molecular formula is C21H23N7O2. The number of benzene rings is 1. The molecule has 0 spiro atoms. The minimum Gasteiger partial charge on any atom is -0.328 e. The first-order chi connectivity index (χ1) is 14.6. The van der Waals surface area contributed by atoms with Crippen LogP contribution in [0, 0.1) is 0 Å². The maximum absolute atomic E-state index is 12.8. The molecule has 5 rings (SSSR count). The first-order valence-corrected chi connectivity index (χ1v) is 10.3. The summed E-state index contributed by atoms with van der Waals surface area (Å²) in [6, 6.07) is 9.78. The minimum atomic E-state index is -0.634. The zero-order valence-electron chi connectivity index (χ0n) is 16.8. The Morgan fingerprint density at radius 1 is 1.03 bits per heavy atom. The first-order valence-electron chi connectivity index (χ1n) is 10.3. The highest BCUT2D eigenvalue weighted by Crippen LogP contribution is 2.27. The number of anilines is 1. The van der Waals surface area contributed by atoms with Gasteiger partial charge in [0.1, 0.15) is 11.5 Å². The third-order valence-electron chi connectivity index (χ3n) is 5.84. The summed E-state index contributed by atoms with van der Waals surface area (Å²) in [5.41, 5.74) is 4.71. The van der Waals surface area contributed by atoms with Crippen molar-refractivity contribution in [3.63, 3.8) is 0 Å². The van der Waals surface area contributed by atoms with Crippen LogP contribution in [0.3, 0.4) is 0 Å². The van der Waals surface area contributed by atoms with E-state index in [9.17, 15) is 9.59 Å². The standard InChI is InChI=1S/C21H23N7O2/c1-26-19(15-9-5-6-10-16(15)24-26)22-20(29)21(30)27-12-11-18-17(13-27)23-25-28(18)14-7-3-2-4-8-14/h2-4,7-8H,5-6,9-13H2,1H3,(H,22,29). The molecule has 2 aliphatic rings. The van der Waals surface area contributed by atoms with Crippen molar-refractivity contribution in [3.8, 4) is 5.69 Å². The Morgan fingerprint density at radius 2 is 1.83 bits per heavy atom. The molecule has 9 nitrogen and oxygen atoms in total. The van der Waals surface area contributed by atoms with E-state index in [4.69, 9.17) is 0 Å². The van der Waals surface area contributed by atoms with Crippen molar-refractivity contribution >= 4 is 17.6 Å². The van der Waals surface area contributed by atoms with Crippen molar-refractivity contribution in [1.82, 2.24) is 29.7 Å². The summed E-state index contributed by atoms with van der Waals surface area (Å²) >= 11 is 0. The number of rotatable bonds is 2. The van der Waals surface area contributed by atoms with Crippen LogP contribution >= 0.6 is 0 Å². The lowest BCUT2D eigenvalue weighted by Gasteiger charge is -2.26. The lowest BCUT2D eigenvalue weighted by molar-refractivity contribution is -0.143. The van der Waals surface area contributed by atoms with Gasteiger partial charge in [0, 0.05) is 25.6 Å². The Morgan fingerprint density at radius 3 is 2.67 bits per heavy atom. The molecule has 1 N–H and O–H groups in total. The second-order valence-corrected chi connectivity index (χ2v) is 7.77. The van der Waals surface area contributed by atoms with E-state index in [1.807, 2.05) is 30.3 Å². The summed E-state index contributed by atoms with van der Waals surface area (Å²) in [7, 11) is 1.80. The number of aryl methyl sites for hydroxylation is 2. The van der Waals surface area contributed by atoms with Gasteiger partial charge in [0.25, 0.3) is 0 Å². The van der Waals surface area contributed by atoms with Crippen LogP contribution in [0.15, 0.2) is 30.3 Å². The Balaban J connectivity index is 1.31. The highest BCUT2D eigenvalue weighted by atomic mass is 16.2. The molecule has 2 aromatic heterocycles. The molecule has 3 heterocycles. The van der Waals surface area contributed by atoms with Crippen LogP contribution in [-0.4, -0.2) is 48.0 Å². The molecule has 2 amide bonds. The van der Waals surface area contributed by atoms with Crippen molar-refractivity contribution in [2.24, 2.45) is 7.05 Å². The SMILES string of the molecule is Cn1nc2c(c1NC(=O)C(=O)N1CCc3c(nnn3-c3ccccc3)C1)CCCC2. The molecule has 0 unspecified atom stereocenters. The van der Waals surface area contributed by atoms with Gasteiger partial charge in [-0.2, -0.15) is 5.10 Å². The van der Waals surface area contributed by atoms with E-state index in [1.165, 1.54) is 4.90 Å². The number of amides is 2. The highest BCUT2D eigenvalue weighted by molar-refractivity contribution is 6.39. The molecule has 1 aliphatic carbocycles. The first kappa shape index (κ1) is 18.5. The van der Waals surface area contributed by atoms with Gasteiger partial charge in [0.15, 0.2) is 0 Å². The van der Waals surface area contributed by atoms with Crippen LogP contribution in [0.4, 0.5) is 5.82 Å². The van der Waals surface area contributed by atoms with Gasteiger partial charge in [0.05, 0.1) is 23.6 Å². The third kappa shape index (κ3) is 3.16. The topological polar surface area (TPSA) is 97.9 Å². The average Bonchev–Trinajstić information content (AvgIpc) is 3.34. The quantitative estimate of drug-likeness (QED) is 0.650. The Bertz CT molecular complexity index is 1120. The van der Waals surface area contributed by atoms with Gasteiger partial charge in [-0.05, 0) is 37.8 Å². The summed E-state index contributed by atoms with van der Waals surface area (Å²) in [6.07, 6.45) is 4.57. The van der Waals surface area contributed by atoms with Gasteiger partial charge in [-0.25, -0.2) is 4.68 Å². The number of carbonyl (C=O) groups is 2. The fraction of sp³-hybridized carbons (Fsp3) is 0.381. The van der Waals surface area contributed by atoms with E-state index in [0.717, 1.165) is 54.0 Å². The van der Waals surface area contributed by atoms with Crippen molar-refractivity contribution in [1.29, 1.82) is 0 Å². The number of hydrogen-bond acceptors (Lipinski definition) is 5. The summed E-state index contributed by atoms with van der Waals surface area (Å²) in [4.78, 5) is 27.1. The van der Waals surface area contributed by atoms with Crippen LogP contribution in [0.5, 0.6) is 0 Å². The zero-order valence-corrected chi connectivity index (χ0v) is 16.8. The van der Waals surface area contributed by atoms with Gasteiger partial charge < -0.3 is 10.2 Å². The molecule has 1 aliphatic heterocycles. The average molecular weight is 405 g/mol. The molecule has 30 heavy (non-hydrogen) atoms. The molecule has 0 atom stereocenters. The van der Waals surface area contributed by atoms with E-state index in [2.05, 4.69) is 20.7 Å². The number of nitrogens with zero attached hydrogens (tertiary/aromatic N) is 6. The number of aromatic nitrogens is 5. The second kappa shape index (κ2) is 7.40. The lowest BCUT2D eigenvalue weighted by atomic mass is 9.97. The van der Waals surface area contributed by atoms with E-state index in [1.54, 1.807) is 16.4 Å². The predicted octanol–water partition coefficient (Wildman–Crippen LogP) is 1.40. The molecule has 1 aromatic carbocycles. The second-order valence-electron chi connectivity index (χ2n) is 7.77. The van der Waals surface area contributed by atoms with Gasteiger partial charge in [0.2, 0.25) is 0 Å². The van der Waals surface area contributed by atoms with Crippen molar-refractivity contribution in [2.45, 2.75) is 38.6 Å². The molecule has 9 heteroatoms. The maximum Gasteiger partial charge on any atom is 0.315 e. The number of fused-ring (bicyclic) bond motifs is 2. The molecule has 154 valence electrons. The maximum atomic E-state index is 12.8. The summed E-state index contributed by atoms with van der Waals surface area (Å²) in [5.74, 6) is -0.554. The number of carbonyl (C=O) groups excluding carboxylic acids is 2. The van der Waals surface area contributed by atoms with Crippen LogP contribution < -0.4 is 5.32 Å². The summed E-state index contributed by atoms with van der Waals surface area (Å²) < 4.78 is 3.47.